The van der Waals surface area contributed by atoms with Crippen LogP contribution in [-0.4, -0.2) is 53.3 Å². The Balaban J connectivity index is 1.99. The zero-order valence-corrected chi connectivity index (χ0v) is 13.0. The molecule has 1 aliphatic carbocycles. The third kappa shape index (κ3) is 2.37. The van der Waals surface area contributed by atoms with E-state index >= 15 is 0 Å². The lowest BCUT2D eigenvalue weighted by Gasteiger charge is -2.40. The van der Waals surface area contributed by atoms with Crippen molar-refractivity contribution in [1.82, 2.24) is 10.6 Å². The maximum atomic E-state index is 11.1. The predicted molar refractivity (Wildman–Crippen MR) is 84.7 cm³/mol. The average molecular weight is 306 g/mol. The van der Waals surface area contributed by atoms with Gasteiger partial charge in [0.05, 0.1) is 30.9 Å². The third-order valence-electron chi connectivity index (χ3n) is 5.41. The van der Waals surface area contributed by atoms with Crippen molar-refractivity contribution in [3.8, 4) is 0 Å². The molecule has 5 N–H and O–H groups in total. The molecule has 0 radical (unpaired) electrons. The van der Waals surface area contributed by atoms with Crippen molar-refractivity contribution in [3.05, 3.63) is 35.4 Å². The Kier molecular flexibility index (Phi) is 4.27. The van der Waals surface area contributed by atoms with E-state index in [2.05, 4.69) is 16.7 Å². The van der Waals surface area contributed by atoms with E-state index in [1.54, 1.807) is 6.92 Å². The Bertz CT molecular complexity index is 524. The number of rotatable bonds is 4. The first-order chi connectivity index (χ1) is 10.6. The van der Waals surface area contributed by atoms with Crippen LogP contribution in [0.2, 0.25) is 0 Å². The molecule has 0 amide bonds. The first-order valence-electron chi connectivity index (χ1n) is 8.04. The van der Waals surface area contributed by atoms with Crippen LogP contribution in [0.5, 0.6) is 0 Å². The minimum absolute atomic E-state index is 0.177. The summed E-state index contributed by atoms with van der Waals surface area (Å²) in [5, 5.41) is 36.9. The molecule has 2 atom stereocenters. The van der Waals surface area contributed by atoms with Crippen LogP contribution in [0.25, 0.3) is 0 Å². The van der Waals surface area contributed by atoms with Gasteiger partial charge in [-0.1, -0.05) is 24.3 Å². The maximum absolute atomic E-state index is 11.1. The molecule has 0 bridgehead atoms. The Labute approximate surface area is 131 Å². The summed E-state index contributed by atoms with van der Waals surface area (Å²) in [6.45, 7) is 3.22. The topological polar surface area (TPSA) is 84.8 Å². The summed E-state index contributed by atoms with van der Waals surface area (Å²) in [6.07, 6.45) is 1.25. The van der Waals surface area contributed by atoms with Crippen molar-refractivity contribution in [3.63, 3.8) is 0 Å². The molecule has 1 aromatic rings. The van der Waals surface area contributed by atoms with Crippen LogP contribution in [0.3, 0.4) is 0 Å². The molecule has 122 valence electrons. The number of piperidine rings is 1. The molecule has 5 nitrogen and oxygen atoms in total. The molecule has 0 aromatic heterocycles. The van der Waals surface area contributed by atoms with Crippen molar-refractivity contribution in [2.24, 2.45) is 0 Å². The minimum Gasteiger partial charge on any atom is -0.394 e. The highest BCUT2D eigenvalue weighted by molar-refractivity contribution is 5.45. The van der Waals surface area contributed by atoms with Crippen molar-refractivity contribution in [2.45, 2.75) is 42.9 Å². The third-order valence-corrected chi connectivity index (χ3v) is 5.41. The maximum Gasteiger partial charge on any atom is 0.0832 e. The molecule has 1 spiro atoms. The van der Waals surface area contributed by atoms with E-state index in [-0.39, 0.29) is 24.7 Å². The highest BCUT2D eigenvalue weighted by atomic mass is 16.3. The summed E-state index contributed by atoms with van der Waals surface area (Å²) in [6, 6.07) is 7.90. The van der Waals surface area contributed by atoms with E-state index in [0.717, 1.165) is 31.5 Å². The Hall–Kier alpha value is -0.980. The second-order valence-corrected chi connectivity index (χ2v) is 6.94. The van der Waals surface area contributed by atoms with E-state index in [1.165, 1.54) is 5.56 Å². The molecular formula is C17H26N2O3. The van der Waals surface area contributed by atoms with Gasteiger partial charge in [0, 0.05) is 5.41 Å². The molecular weight excluding hydrogens is 280 g/mol. The molecule has 3 rings (SSSR count). The average Bonchev–Trinajstić information content (AvgIpc) is 2.79. The van der Waals surface area contributed by atoms with Crippen molar-refractivity contribution >= 4 is 0 Å². The monoisotopic (exact) mass is 306 g/mol. The van der Waals surface area contributed by atoms with Crippen LogP contribution in [0.4, 0.5) is 0 Å². The quantitative estimate of drug-likeness (QED) is 0.543. The van der Waals surface area contributed by atoms with Gasteiger partial charge in [-0.15, -0.1) is 0 Å². The van der Waals surface area contributed by atoms with Crippen LogP contribution < -0.4 is 10.6 Å². The van der Waals surface area contributed by atoms with Crippen molar-refractivity contribution in [2.75, 3.05) is 26.3 Å². The standard InChI is InChI=1S/C17H26N2O3/c1-16(10-20,11-21)19-14-12-4-2-3-5-13(12)17(15(14)22)6-8-18-9-7-17/h2-5,14-15,18-22H,6-11H2,1H3/t14-,15+/m1/s1. The fourth-order valence-electron chi connectivity index (χ4n) is 3.98. The van der Waals surface area contributed by atoms with Gasteiger partial charge in [0.1, 0.15) is 0 Å². The molecule has 1 aromatic carbocycles. The lowest BCUT2D eigenvalue weighted by atomic mass is 9.72. The highest BCUT2D eigenvalue weighted by Crippen LogP contribution is 2.50. The number of benzene rings is 1. The molecule has 2 aliphatic rings. The molecule has 1 aliphatic heterocycles. The van der Waals surface area contributed by atoms with E-state index in [0.29, 0.717) is 0 Å². The molecule has 22 heavy (non-hydrogen) atoms. The van der Waals surface area contributed by atoms with Gasteiger partial charge in [-0.25, -0.2) is 0 Å². The Morgan fingerprint density at radius 2 is 1.86 bits per heavy atom. The minimum atomic E-state index is -0.808. The Morgan fingerprint density at radius 3 is 2.50 bits per heavy atom. The zero-order chi connectivity index (χ0) is 15.8. The molecule has 1 saturated heterocycles. The van der Waals surface area contributed by atoms with Gasteiger partial charge in [0.2, 0.25) is 0 Å². The van der Waals surface area contributed by atoms with E-state index in [1.807, 2.05) is 18.2 Å². The summed E-state index contributed by atoms with van der Waals surface area (Å²) >= 11 is 0. The van der Waals surface area contributed by atoms with Crippen LogP contribution in [0, 0.1) is 0 Å². The number of hydrogen-bond donors (Lipinski definition) is 5. The number of aliphatic hydroxyl groups is 3. The van der Waals surface area contributed by atoms with Gasteiger partial charge in [-0.3, -0.25) is 5.32 Å². The summed E-state index contributed by atoms with van der Waals surface area (Å²) in [7, 11) is 0. The van der Waals surface area contributed by atoms with Crippen LogP contribution in [0.1, 0.15) is 36.9 Å². The van der Waals surface area contributed by atoms with Gasteiger partial charge in [0.25, 0.3) is 0 Å². The molecule has 5 heteroatoms. The second-order valence-electron chi connectivity index (χ2n) is 6.94. The summed E-state index contributed by atoms with van der Waals surface area (Å²) in [4.78, 5) is 0. The fraction of sp³-hybridized carbons (Fsp3) is 0.647. The van der Waals surface area contributed by atoms with Crippen molar-refractivity contribution in [1.29, 1.82) is 0 Å². The second kappa shape index (κ2) is 5.91. The smallest absolute Gasteiger partial charge is 0.0832 e. The lowest BCUT2D eigenvalue weighted by Crippen LogP contribution is -2.55. The highest BCUT2D eigenvalue weighted by Gasteiger charge is 2.52. The number of nitrogens with one attached hydrogen (secondary N) is 2. The Morgan fingerprint density at radius 1 is 1.23 bits per heavy atom. The van der Waals surface area contributed by atoms with E-state index in [4.69, 9.17) is 0 Å². The summed E-state index contributed by atoms with van der Waals surface area (Å²) < 4.78 is 0. The van der Waals surface area contributed by atoms with Gasteiger partial charge >= 0.3 is 0 Å². The van der Waals surface area contributed by atoms with E-state index in [9.17, 15) is 15.3 Å². The zero-order valence-electron chi connectivity index (χ0n) is 13.0. The summed E-state index contributed by atoms with van der Waals surface area (Å²) in [5.41, 5.74) is 1.26. The van der Waals surface area contributed by atoms with Crippen molar-refractivity contribution < 1.29 is 15.3 Å². The SMILES string of the molecule is CC(CO)(CO)N[C@@H]1c2ccccc2C2(CCNCC2)[C@H]1O. The first-order valence-corrected chi connectivity index (χ1v) is 8.04. The number of aliphatic hydroxyl groups excluding tert-OH is 3. The lowest BCUT2D eigenvalue weighted by molar-refractivity contribution is 0.0175. The van der Waals surface area contributed by atoms with Crippen LogP contribution in [0.15, 0.2) is 24.3 Å². The number of hydrogen-bond acceptors (Lipinski definition) is 5. The fourth-order valence-corrected chi connectivity index (χ4v) is 3.98. The van der Waals surface area contributed by atoms with Gasteiger partial charge < -0.3 is 20.6 Å². The van der Waals surface area contributed by atoms with Gasteiger partial charge in [-0.2, -0.15) is 0 Å². The molecule has 1 fully saturated rings. The van der Waals surface area contributed by atoms with Gasteiger partial charge in [0.15, 0.2) is 0 Å². The predicted octanol–water partition coefficient (Wildman–Crippen LogP) is 0.0563. The van der Waals surface area contributed by atoms with E-state index < -0.39 is 11.6 Å². The largest absolute Gasteiger partial charge is 0.394 e. The number of fused-ring (bicyclic) bond motifs is 2. The molecule has 1 heterocycles. The molecule has 0 saturated carbocycles. The van der Waals surface area contributed by atoms with Crippen LogP contribution >= 0.6 is 0 Å². The first kappa shape index (κ1) is 15.9. The normalized spacial score (nSPS) is 27.1. The van der Waals surface area contributed by atoms with Gasteiger partial charge in [-0.05, 0) is 44.0 Å². The molecule has 0 unspecified atom stereocenters. The summed E-state index contributed by atoms with van der Waals surface area (Å²) in [5.74, 6) is 0. The van der Waals surface area contributed by atoms with Crippen LogP contribution in [-0.2, 0) is 5.41 Å².